The molecule has 1 heterocycles. The maximum absolute atomic E-state index is 13.8. The molecule has 0 aliphatic heterocycles. The number of nitrogens with one attached hydrogen (secondary N) is 1. The molecule has 1 amide bonds. The smallest absolute Gasteiger partial charge is 0.305 e. The van der Waals surface area contributed by atoms with Crippen LogP contribution in [-0.4, -0.2) is 58.8 Å². The monoisotopic (exact) mass is 536 g/mol. The lowest BCUT2D eigenvalue weighted by Crippen LogP contribution is -2.74. The molecular formula is C15H8F16N2O. The third-order valence-corrected chi connectivity index (χ3v) is 4.11. The standard InChI is InChI=1S/C15H8F16N2O/c1-5-2-3-32-6(4-5)33-8(34)10(20,21)12(24,25)14(28,29)15(30,31)13(26,27)11(22,23)9(18,19)7(16)17/h2-4,7H,1H3,(H,32,33,34). The van der Waals surface area contributed by atoms with Gasteiger partial charge in [-0.05, 0) is 24.6 Å². The molecule has 34 heavy (non-hydrogen) atoms. The van der Waals surface area contributed by atoms with Crippen LogP contribution < -0.4 is 5.32 Å². The van der Waals surface area contributed by atoms with Crippen molar-refractivity contribution in [1.82, 2.24) is 4.98 Å². The Morgan fingerprint density at radius 2 is 1.18 bits per heavy atom. The van der Waals surface area contributed by atoms with Crippen molar-refractivity contribution in [1.29, 1.82) is 0 Å². The molecule has 196 valence electrons. The Bertz CT molecular complexity index is 913. The number of hydrogen-bond acceptors (Lipinski definition) is 2. The average molecular weight is 536 g/mol. The Balaban J connectivity index is 3.54. The van der Waals surface area contributed by atoms with Crippen molar-refractivity contribution in [3.63, 3.8) is 0 Å². The molecule has 1 N–H and O–H groups in total. The highest BCUT2D eigenvalue weighted by molar-refractivity contribution is 5.96. The summed E-state index contributed by atoms with van der Waals surface area (Å²) in [5, 5.41) is 0.748. The Morgan fingerprint density at radius 3 is 1.59 bits per heavy atom. The zero-order valence-corrected chi connectivity index (χ0v) is 15.7. The van der Waals surface area contributed by atoms with Crippen LogP contribution in [0.5, 0.6) is 0 Å². The van der Waals surface area contributed by atoms with Crippen molar-refractivity contribution >= 4 is 11.7 Å². The van der Waals surface area contributed by atoms with Gasteiger partial charge >= 0.3 is 53.8 Å². The molecule has 0 aliphatic rings. The van der Waals surface area contributed by atoms with Crippen LogP contribution in [0.1, 0.15) is 5.56 Å². The highest BCUT2D eigenvalue weighted by Gasteiger charge is 2.94. The van der Waals surface area contributed by atoms with Gasteiger partial charge in [-0.15, -0.1) is 0 Å². The van der Waals surface area contributed by atoms with Crippen molar-refractivity contribution in [3.8, 4) is 0 Å². The van der Waals surface area contributed by atoms with Crippen LogP contribution in [-0.2, 0) is 4.79 Å². The van der Waals surface area contributed by atoms with E-state index in [2.05, 4.69) is 4.98 Å². The SMILES string of the molecule is Cc1ccnc(NC(=O)C(F)(F)C(F)(F)C(F)(F)C(F)(F)C(F)(F)C(F)(F)C(F)(F)C(F)F)c1. The molecule has 0 saturated carbocycles. The fourth-order valence-electron chi connectivity index (χ4n) is 2.08. The highest BCUT2D eigenvalue weighted by Crippen LogP contribution is 2.62. The number of pyridine rings is 1. The van der Waals surface area contributed by atoms with Gasteiger partial charge in [-0.2, -0.15) is 61.5 Å². The molecule has 0 fully saturated rings. The summed E-state index contributed by atoms with van der Waals surface area (Å²) in [6, 6.07) is 1.76. The molecule has 1 aromatic heterocycles. The maximum Gasteiger partial charge on any atom is 0.393 e. The molecule has 1 rings (SSSR count). The van der Waals surface area contributed by atoms with E-state index in [9.17, 15) is 75.0 Å². The molecule has 0 radical (unpaired) electrons. The number of amides is 1. The highest BCUT2D eigenvalue weighted by atomic mass is 19.4. The van der Waals surface area contributed by atoms with E-state index in [0.29, 0.717) is 6.07 Å². The molecule has 0 atom stereocenters. The summed E-state index contributed by atoms with van der Waals surface area (Å²) < 4.78 is 212. The average Bonchev–Trinajstić information content (AvgIpc) is 2.66. The van der Waals surface area contributed by atoms with Gasteiger partial charge in [0.15, 0.2) is 0 Å². The van der Waals surface area contributed by atoms with Crippen LogP contribution in [0.15, 0.2) is 18.3 Å². The number of aromatic nitrogens is 1. The minimum atomic E-state index is -8.56. The lowest BCUT2D eigenvalue weighted by Gasteiger charge is -2.42. The number of anilines is 1. The maximum atomic E-state index is 13.8. The van der Waals surface area contributed by atoms with Gasteiger partial charge in [-0.1, -0.05) is 0 Å². The number of hydrogen-bond donors (Lipinski definition) is 1. The van der Waals surface area contributed by atoms with E-state index in [-0.39, 0.29) is 5.56 Å². The number of nitrogens with zero attached hydrogens (tertiary/aromatic N) is 1. The van der Waals surface area contributed by atoms with E-state index in [0.717, 1.165) is 17.6 Å². The molecule has 0 bridgehead atoms. The molecule has 3 nitrogen and oxygen atoms in total. The summed E-state index contributed by atoms with van der Waals surface area (Å²) in [6.07, 6.45) is -5.19. The van der Waals surface area contributed by atoms with Crippen LogP contribution in [0, 0.1) is 6.92 Å². The number of rotatable bonds is 9. The Morgan fingerprint density at radius 1 is 0.765 bits per heavy atom. The Labute approximate surface area is 177 Å². The minimum absolute atomic E-state index is 0.0686. The van der Waals surface area contributed by atoms with E-state index in [4.69, 9.17) is 0 Å². The van der Waals surface area contributed by atoms with Gasteiger partial charge in [0.2, 0.25) is 0 Å². The number of alkyl halides is 16. The van der Waals surface area contributed by atoms with Gasteiger partial charge in [0.05, 0.1) is 0 Å². The zero-order chi connectivity index (χ0) is 27.3. The van der Waals surface area contributed by atoms with Crippen LogP contribution in [0.25, 0.3) is 0 Å². The van der Waals surface area contributed by atoms with E-state index in [1.165, 1.54) is 6.92 Å². The number of aryl methyl sites for hydroxylation is 1. The number of carbonyl (C=O) groups is 1. The summed E-state index contributed by atoms with van der Waals surface area (Å²) in [5.74, 6) is -60.9. The second kappa shape index (κ2) is 8.31. The molecule has 0 spiro atoms. The van der Waals surface area contributed by atoms with Crippen LogP contribution in [0.3, 0.4) is 0 Å². The lowest BCUT2D eigenvalue weighted by atomic mass is 9.89. The van der Waals surface area contributed by atoms with Crippen molar-refractivity contribution in [2.75, 3.05) is 5.32 Å². The molecular weight excluding hydrogens is 528 g/mol. The molecule has 1 aromatic rings. The van der Waals surface area contributed by atoms with E-state index < -0.39 is 59.6 Å². The van der Waals surface area contributed by atoms with Crippen molar-refractivity contribution in [2.24, 2.45) is 0 Å². The van der Waals surface area contributed by atoms with Crippen LogP contribution in [0.2, 0.25) is 0 Å². The Kier molecular flexibility index (Phi) is 7.22. The van der Waals surface area contributed by atoms with E-state index >= 15 is 0 Å². The van der Waals surface area contributed by atoms with E-state index in [1.807, 2.05) is 0 Å². The molecule has 0 saturated heterocycles. The molecule has 19 heteroatoms. The summed E-state index contributed by atoms with van der Waals surface area (Å²) in [4.78, 5) is 14.4. The fourth-order valence-corrected chi connectivity index (χ4v) is 2.08. The summed E-state index contributed by atoms with van der Waals surface area (Å²) in [5.41, 5.74) is 0.0686. The molecule has 0 aromatic carbocycles. The van der Waals surface area contributed by atoms with Gasteiger partial charge in [-0.25, -0.2) is 13.8 Å². The molecule has 0 unspecified atom stereocenters. The summed E-state index contributed by atoms with van der Waals surface area (Å²) >= 11 is 0. The quantitative estimate of drug-likeness (QED) is 0.392. The first kappa shape index (κ1) is 29.5. The number of carbonyl (C=O) groups excluding carboxylic acids is 1. The normalized spacial score (nSPS) is 15.0. The van der Waals surface area contributed by atoms with Gasteiger partial charge < -0.3 is 5.32 Å². The topological polar surface area (TPSA) is 42.0 Å². The predicted molar refractivity (Wildman–Crippen MR) is 78.2 cm³/mol. The first-order valence-electron chi connectivity index (χ1n) is 8.01. The lowest BCUT2D eigenvalue weighted by molar-refractivity contribution is -0.443. The summed E-state index contributed by atoms with van der Waals surface area (Å²) in [7, 11) is 0. The van der Waals surface area contributed by atoms with Gasteiger partial charge in [0.25, 0.3) is 0 Å². The summed E-state index contributed by atoms with van der Waals surface area (Å²) in [6.45, 7) is 1.19. The van der Waals surface area contributed by atoms with Gasteiger partial charge in [-0.3, -0.25) is 4.79 Å². The van der Waals surface area contributed by atoms with Gasteiger partial charge in [0.1, 0.15) is 5.82 Å². The third-order valence-electron chi connectivity index (χ3n) is 4.11. The van der Waals surface area contributed by atoms with Crippen molar-refractivity contribution in [2.45, 2.75) is 54.8 Å². The Hall–Kier alpha value is -2.50. The van der Waals surface area contributed by atoms with Crippen molar-refractivity contribution < 1.29 is 75.0 Å². The van der Waals surface area contributed by atoms with Crippen LogP contribution >= 0.6 is 0 Å². The second-order valence-electron chi connectivity index (χ2n) is 6.54. The predicted octanol–water partition coefficient (Wildman–Crippen LogP) is 6.04. The first-order valence-corrected chi connectivity index (χ1v) is 8.01. The second-order valence-corrected chi connectivity index (χ2v) is 6.54. The first-order chi connectivity index (χ1) is 14.8. The van der Waals surface area contributed by atoms with Crippen molar-refractivity contribution in [3.05, 3.63) is 23.9 Å². The number of halogens is 16. The largest absolute Gasteiger partial charge is 0.393 e. The van der Waals surface area contributed by atoms with Crippen LogP contribution in [0.4, 0.5) is 76.1 Å². The van der Waals surface area contributed by atoms with Gasteiger partial charge in [0, 0.05) is 6.20 Å². The van der Waals surface area contributed by atoms with E-state index in [1.54, 1.807) is 0 Å². The minimum Gasteiger partial charge on any atom is -0.305 e. The molecule has 0 aliphatic carbocycles. The fraction of sp³-hybridized carbons (Fsp3) is 0.600. The third kappa shape index (κ3) is 3.99. The zero-order valence-electron chi connectivity index (χ0n) is 15.7.